The number of anilines is 1. The lowest BCUT2D eigenvalue weighted by Crippen LogP contribution is -2.31. The zero-order chi connectivity index (χ0) is 15.0. The SMILES string of the molecule is CCN(CC)C(=O)CCNc1ccnc(C(=O)OC)n1. The number of nitrogens with zero attached hydrogens (tertiary/aromatic N) is 3. The molecular weight excluding hydrogens is 260 g/mol. The molecule has 0 aromatic carbocycles. The van der Waals surface area contributed by atoms with Crippen molar-refractivity contribution in [3.05, 3.63) is 18.1 Å². The number of aromatic nitrogens is 2. The Kier molecular flexibility index (Phi) is 6.42. The molecule has 0 spiro atoms. The summed E-state index contributed by atoms with van der Waals surface area (Å²) in [6, 6.07) is 1.63. The number of nitrogens with one attached hydrogen (secondary N) is 1. The molecule has 20 heavy (non-hydrogen) atoms. The van der Waals surface area contributed by atoms with Crippen molar-refractivity contribution in [1.82, 2.24) is 14.9 Å². The van der Waals surface area contributed by atoms with Crippen LogP contribution in [-0.2, 0) is 9.53 Å². The van der Waals surface area contributed by atoms with E-state index in [1.54, 1.807) is 11.0 Å². The smallest absolute Gasteiger partial charge is 0.376 e. The van der Waals surface area contributed by atoms with E-state index in [1.807, 2.05) is 13.8 Å². The number of rotatable bonds is 7. The molecule has 1 aromatic heterocycles. The highest BCUT2D eigenvalue weighted by Gasteiger charge is 2.11. The van der Waals surface area contributed by atoms with Crippen molar-refractivity contribution >= 4 is 17.7 Å². The third-order valence-electron chi connectivity index (χ3n) is 2.78. The number of carbonyl (C=O) groups excluding carboxylic acids is 2. The van der Waals surface area contributed by atoms with Crippen LogP contribution in [0.25, 0.3) is 0 Å². The Labute approximate surface area is 118 Å². The van der Waals surface area contributed by atoms with E-state index in [-0.39, 0.29) is 11.7 Å². The molecule has 7 heteroatoms. The van der Waals surface area contributed by atoms with Crippen LogP contribution in [0.1, 0.15) is 30.9 Å². The minimum atomic E-state index is -0.590. The van der Waals surface area contributed by atoms with Gasteiger partial charge in [-0.3, -0.25) is 4.79 Å². The average Bonchev–Trinajstić information content (AvgIpc) is 2.48. The number of hydrogen-bond acceptors (Lipinski definition) is 6. The van der Waals surface area contributed by atoms with Crippen LogP contribution in [-0.4, -0.2) is 53.5 Å². The zero-order valence-corrected chi connectivity index (χ0v) is 12.0. The van der Waals surface area contributed by atoms with E-state index in [1.165, 1.54) is 13.3 Å². The topological polar surface area (TPSA) is 84.4 Å². The number of methoxy groups -OCH3 is 1. The van der Waals surface area contributed by atoms with E-state index in [2.05, 4.69) is 20.0 Å². The molecule has 0 saturated carbocycles. The second-order valence-corrected chi connectivity index (χ2v) is 4.00. The van der Waals surface area contributed by atoms with Crippen molar-refractivity contribution in [2.45, 2.75) is 20.3 Å². The minimum absolute atomic E-state index is 0.00688. The van der Waals surface area contributed by atoms with Gasteiger partial charge in [0, 0.05) is 32.3 Å². The van der Waals surface area contributed by atoms with Crippen molar-refractivity contribution < 1.29 is 14.3 Å². The monoisotopic (exact) mass is 280 g/mol. The van der Waals surface area contributed by atoms with Crippen LogP contribution in [0.5, 0.6) is 0 Å². The Morgan fingerprint density at radius 1 is 1.35 bits per heavy atom. The molecule has 0 aliphatic rings. The van der Waals surface area contributed by atoms with E-state index in [0.717, 1.165) is 0 Å². The summed E-state index contributed by atoms with van der Waals surface area (Å²) in [5.74, 6) is -0.0158. The predicted octanol–water partition coefficient (Wildman–Crippen LogP) is 0.934. The van der Waals surface area contributed by atoms with Gasteiger partial charge in [0.1, 0.15) is 5.82 Å². The van der Waals surface area contributed by atoms with Crippen molar-refractivity contribution in [2.24, 2.45) is 0 Å². The Balaban J connectivity index is 2.50. The van der Waals surface area contributed by atoms with Crippen LogP contribution in [0, 0.1) is 0 Å². The van der Waals surface area contributed by atoms with Gasteiger partial charge in [0.2, 0.25) is 11.7 Å². The maximum Gasteiger partial charge on any atom is 0.376 e. The Bertz CT molecular complexity index is 461. The second kappa shape index (κ2) is 8.08. The molecule has 0 unspecified atom stereocenters. The first kappa shape index (κ1) is 15.9. The first-order valence-corrected chi connectivity index (χ1v) is 6.55. The fourth-order valence-electron chi connectivity index (χ4n) is 1.68. The number of amides is 1. The van der Waals surface area contributed by atoms with Gasteiger partial charge in [-0.25, -0.2) is 14.8 Å². The number of esters is 1. The summed E-state index contributed by atoms with van der Waals surface area (Å²) in [6.07, 6.45) is 1.84. The average molecular weight is 280 g/mol. The fourth-order valence-corrected chi connectivity index (χ4v) is 1.68. The highest BCUT2D eigenvalue weighted by atomic mass is 16.5. The van der Waals surface area contributed by atoms with E-state index < -0.39 is 5.97 Å². The Morgan fingerprint density at radius 3 is 2.65 bits per heavy atom. The van der Waals surface area contributed by atoms with Crippen LogP contribution in [0.15, 0.2) is 12.3 Å². The highest BCUT2D eigenvalue weighted by molar-refractivity contribution is 5.85. The lowest BCUT2D eigenvalue weighted by atomic mass is 10.3. The van der Waals surface area contributed by atoms with Gasteiger partial charge in [0.15, 0.2) is 0 Å². The van der Waals surface area contributed by atoms with E-state index >= 15 is 0 Å². The van der Waals surface area contributed by atoms with Gasteiger partial charge in [-0.1, -0.05) is 0 Å². The van der Waals surface area contributed by atoms with Gasteiger partial charge in [-0.15, -0.1) is 0 Å². The van der Waals surface area contributed by atoms with Crippen molar-refractivity contribution in [1.29, 1.82) is 0 Å². The minimum Gasteiger partial charge on any atom is -0.463 e. The summed E-state index contributed by atoms with van der Waals surface area (Å²) < 4.78 is 4.54. The molecule has 0 saturated heterocycles. The summed E-state index contributed by atoms with van der Waals surface area (Å²) in [5, 5.41) is 2.99. The quantitative estimate of drug-likeness (QED) is 0.748. The number of hydrogen-bond donors (Lipinski definition) is 1. The number of ether oxygens (including phenoxy) is 1. The largest absolute Gasteiger partial charge is 0.463 e. The molecule has 110 valence electrons. The summed E-state index contributed by atoms with van der Waals surface area (Å²) in [7, 11) is 1.27. The van der Waals surface area contributed by atoms with E-state index in [4.69, 9.17) is 0 Å². The molecule has 0 aliphatic carbocycles. The molecule has 1 heterocycles. The molecule has 7 nitrogen and oxygen atoms in total. The van der Waals surface area contributed by atoms with Gasteiger partial charge in [-0.05, 0) is 19.9 Å². The molecule has 1 amide bonds. The standard InChI is InChI=1S/C13H20N4O3/c1-4-17(5-2)11(18)7-9-14-10-6-8-15-12(16-10)13(19)20-3/h6,8H,4-5,7,9H2,1-3H3,(H,14,15,16). The second-order valence-electron chi connectivity index (χ2n) is 4.00. The summed E-state index contributed by atoms with van der Waals surface area (Å²) in [6.45, 7) is 5.75. The molecule has 0 radical (unpaired) electrons. The van der Waals surface area contributed by atoms with Crippen LogP contribution in [0.4, 0.5) is 5.82 Å². The lowest BCUT2D eigenvalue weighted by Gasteiger charge is -2.18. The molecule has 0 aliphatic heterocycles. The van der Waals surface area contributed by atoms with Crippen molar-refractivity contribution in [3.8, 4) is 0 Å². The van der Waals surface area contributed by atoms with Crippen LogP contribution in [0.3, 0.4) is 0 Å². The summed E-state index contributed by atoms with van der Waals surface area (Å²) in [4.78, 5) is 32.7. The first-order chi connectivity index (χ1) is 9.62. The molecule has 0 bridgehead atoms. The molecule has 0 fully saturated rings. The van der Waals surface area contributed by atoms with Crippen LogP contribution < -0.4 is 5.32 Å². The van der Waals surface area contributed by atoms with Crippen molar-refractivity contribution in [3.63, 3.8) is 0 Å². The van der Waals surface area contributed by atoms with Gasteiger partial charge in [0.25, 0.3) is 0 Å². The third kappa shape index (κ3) is 4.49. The third-order valence-corrected chi connectivity index (χ3v) is 2.78. The summed E-state index contributed by atoms with van der Waals surface area (Å²) >= 11 is 0. The fraction of sp³-hybridized carbons (Fsp3) is 0.538. The van der Waals surface area contributed by atoms with Crippen molar-refractivity contribution in [2.75, 3.05) is 32.1 Å². The Morgan fingerprint density at radius 2 is 2.05 bits per heavy atom. The van der Waals surface area contributed by atoms with E-state index in [9.17, 15) is 9.59 Å². The molecule has 1 aromatic rings. The maximum atomic E-state index is 11.8. The highest BCUT2D eigenvalue weighted by Crippen LogP contribution is 2.03. The van der Waals surface area contributed by atoms with Gasteiger partial charge in [0.05, 0.1) is 7.11 Å². The van der Waals surface area contributed by atoms with Crippen LogP contribution >= 0.6 is 0 Å². The molecular formula is C13H20N4O3. The Hall–Kier alpha value is -2.18. The normalized spacial score (nSPS) is 9.95. The first-order valence-electron chi connectivity index (χ1n) is 6.55. The zero-order valence-electron chi connectivity index (χ0n) is 12.0. The number of carbonyl (C=O) groups is 2. The van der Waals surface area contributed by atoms with Gasteiger partial charge in [-0.2, -0.15) is 0 Å². The summed E-state index contributed by atoms with van der Waals surface area (Å²) in [5.41, 5.74) is 0. The van der Waals surface area contributed by atoms with Gasteiger partial charge < -0.3 is 15.0 Å². The lowest BCUT2D eigenvalue weighted by molar-refractivity contribution is -0.130. The van der Waals surface area contributed by atoms with Crippen LogP contribution in [0.2, 0.25) is 0 Å². The van der Waals surface area contributed by atoms with E-state index in [0.29, 0.717) is 31.9 Å². The molecule has 0 atom stereocenters. The maximum absolute atomic E-state index is 11.8. The molecule has 1 N–H and O–H groups in total. The molecule has 1 rings (SSSR count). The van der Waals surface area contributed by atoms with Gasteiger partial charge >= 0.3 is 5.97 Å². The predicted molar refractivity (Wildman–Crippen MR) is 74.4 cm³/mol.